The zero-order chi connectivity index (χ0) is 17.1. The number of rotatable bonds is 4. The van der Waals surface area contributed by atoms with Crippen LogP contribution in [-0.2, 0) is 4.74 Å². The van der Waals surface area contributed by atoms with E-state index in [1.54, 1.807) is 24.3 Å². The van der Waals surface area contributed by atoms with E-state index in [-0.39, 0.29) is 16.7 Å². The zero-order valence-electron chi connectivity index (χ0n) is 12.2. The van der Waals surface area contributed by atoms with Crippen LogP contribution in [0.5, 0.6) is 11.6 Å². The maximum Gasteiger partial charge on any atom is 0.379 e. The normalized spacial score (nSPS) is 10.5. The molecule has 0 atom stereocenters. The highest BCUT2D eigenvalue weighted by atomic mass is 35.5. The third kappa shape index (κ3) is 3.30. The second kappa shape index (κ2) is 6.59. The first kappa shape index (κ1) is 15.8. The minimum absolute atomic E-state index is 0.162. The topological polar surface area (TPSA) is 92.0 Å². The highest BCUT2D eigenvalue weighted by molar-refractivity contribution is 6.30. The Labute approximate surface area is 139 Å². The Morgan fingerprint density at radius 2 is 2.04 bits per heavy atom. The number of carbonyl (C=O) groups excluding carboxylic acids is 1. The molecule has 2 heterocycles. The molecule has 122 valence electrons. The van der Waals surface area contributed by atoms with Gasteiger partial charge in [0.1, 0.15) is 5.75 Å². The summed E-state index contributed by atoms with van der Waals surface area (Å²) in [5.74, 6) is -1.37. The number of methoxy groups -OCH3 is 1. The third-order valence-electron chi connectivity index (χ3n) is 2.84. The number of halogens is 2. The molecule has 3 rings (SSSR count). The lowest BCUT2D eigenvalue weighted by Gasteiger charge is -2.06. The fourth-order valence-electron chi connectivity index (χ4n) is 1.73. The number of esters is 1. The molecule has 0 spiro atoms. The van der Waals surface area contributed by atoms with Crippen molar-refractivity contribution in [1.29, 1.82) is 0 Å². The lowest BCUT2D eigenvalue weighted by molar-refractivity contribution is 0.0586. The Hall–Kier alpha value is -3.07. The van der Waals surface area contributed by atoms with Gasteiger partial charge >= 0.3 is 5.97 Å². The number of pyridine rings is 1. The molecule has 0 unspecified atom stereocenters. The Kier molecular flexibility index (Phi) is 4.34. The first-order chi connectivity index (χ1) is 11.6. The van der Waals surface area contributed by atoms with Gasteiger partial charge in [-0.05, 0) is 35.5 Å². The minimum atomic E-state index is -0.689. The number of ether oxygens (including phenoxy) is 2. The van der Waals surface area contributed by atoms with Crippen LogP contribution < -0.4 is 4.74 Å². The second-order valence-corrected chi connectivity index (χ2v) is 4.87. The van der Waals surface area contributed by atoms with E-state index in [1.165, 1.54) is 13.3 Å². The van der Waals surface area contributed by atoms with Crippen LogP contribution in [0.3, 0.4) is 0 Å². The van der Waals surface area contributed by atoms with Gasteiger partial charge in [0.25, 0.3) is 11.7 Å². The summed E-state index contributed by atoms with van der Waals surface area (Å²) in [5.41, 5.74) is 0.523. The Morgan fingerprint density at radius 3 is 2.71 bits per heavy atom. The summed E-state index contributed by atoms with van der Waals surface area (Å²) >= 11 is 5.63. The van der Waals surface area contributed by atoms with Crippen molar-refractivity contribution in [2.24, 2.45) is 0 Å². The van der Waals surface area contributed by atoms with E-state index in [0.717, 1.165) is 10.9 Å². The summed E-state index contributed by atoms with van der Waals surface area (Å²) in [6, 6.07) is 7.43. The summed E-state index contributed by atoms with van der Waals surface area (Å²) in [5, 5.41) is 11.4. The lowest BCUT2D eigenvalue weighted by atomic mass is 10.3. The second-order valence-electron chi connectivity index (χ2n) is 4.43. The maximum atomic E-state index is 13.6. The molecule has 3 aromatic rings. The monoisotopic (exact) mass is 349 g/mol. The smallest absolute Gasteiger partial charge is 0.379 e. The number of nitrogens with zero attached hydrogens (tertiary/aromatic N) is 5. The van der Waals surface area contributed by atoms with Gasteiger partial charge in [0.15, 0.2) is 5.82 Å². The summed E-state index contributed by atoms with van der Waals surface area (Å²) in [6.45, 7) is 0. The summed E-state index contributed by atoms with van der Waals surface area (Å²) in [4.78, 5) is 16.2. The largest absolute Gasteiger partial charge is 0.463 e. The molecule has 10 heteroatoms. The van der Waals surface area contributed by atoms with Crippen LogP contribution in [0, 0.1) is 5.82 Å². The molecule has 2 aromatic heterocycles. The number of hydrogen-bond donors (Lipinski definition) is 0. The minimum Gasteiger partial charge on any atom is -0.463 e. The number of hydrogen-bond acceptors (Lipinski definition) is 7. The van der Waals surface area contributed by atoms with Crippen molar-refractivity contribution in [3.63, 3.8) is 0 Å². The van der Waals surface area contributed by atoms with Gasteiger partial charge in [-0.25, -0.2) is 14.2 Å². The Bertz CT molecular complexity index is 884. The van der Waals surface area contributed by atoms with Gasteiger partial charge in [0, 0.05) is 6.20 Å². The van der Waals surface area contributed by atoms with E-state index in [2.05, 4.69) is 25.1 Å². The molecule has 0 saturated heterocycles. The molecular formula is C14H9ClFN5O3. The Morgan fingerprint density at radius 1 is 1.29 bits per heavy atom. The van der Waals surface area contributed by atoms with Gasteiger partial charge < -0.3 is 9.47 Å². The van der Waals surface area contributed by atoms with Crippen LogP contribution in [0.4, 0.5) is 4.39 Å². The fraction of sp³-hybridized carbons (Fsp3) is 0.0714. The summed E-state index contributed by atoms with van der Waals surface area (Å²) < 4.78 is 23.5. The van der Waals surface area contributed by atoms with Crippen molar-refractivity contribution in [2.75, 3.05) is 7.11 Å². The van der Waals surface area contributed by atoms with Crippen molar-refractivity contribution in [1.82, 2.24) is 25.2 Å². The van der Waals surface area contributed by atoms with Gasteiger partial charge in [-0.15, -0.1) is 15.0 Å². The van der Waals surface area contributed by atoms with E-state index in [9.17, 15) is 9.18 Å². The molecule has 1 aromatic carbocycles. The van der Waals surface area contributed by atoms with Crippen molar-refractivity contribution in [3.05, 3.63) is 53.2 Å². The highest BCUT2D eigenvalue weighted by Gasteiger charge is 2.14. The maximum absolute atomic E-state index is 13.6. The molecule has 0 amide bonds. The number of carbonyl (C=O) groups is 1. The molecule has 0 bridgehead atoms. The van der Waals surface area contributed by atoms with Crippen molar-refractivity contribution < 1.29 is 18.7 Å². The molecular weight excluding hydrogens is 341 g/mol. The van der Waals surface area contributed by atoms with Crippen LogP contribution in [0.15, 0.2) is 36.5 Å². The zero-order valence-corrected chi connectivity index (χ0v) is 12.9. The van der Waals surface area contributed by atoms with Crippen LogP contribution >= 0.6 is 11.6 Å². The molecule has 0 radical (unpaired) electrons. The Balaban J connectivity index is 1.78. The summed E-state index contributed by atoms with van der Waals surface area (Å²) in [6.07, 6.45) is 1.28. The predicted molar refractivity (Wildman–Crippen MR) is 79.8 cm³/mol. The number of aromatic nitrogens is 5. The lowest BCUT2D eigenvalue weighted by Crippen LogP contribution is -2.05. The third-order valence-corrected chi connectivity index (χ3v) is 3.04. The van der Waals surface area contributed by atoms with Crippen LogP contribution in [0.25, 0.3) is 5.69 Å². The van der Waals surface area contributed by atoms with Gasteiger partial charge in [-0.3, -0.25) is 0 Å². The molecule has 0 aliphatic rings. The first-order valence-electron chi connectivity index (χ1n) is 6.54. The van der Waals surface area contributed by atoms with Gasteiger partial charge in [0.2, 0.25) is 0 Å². The van der Waals surface area contributed by atoms with E-state index >= 15 is 0 Å². The molecule has 0 N–H and O–H groups in total. The molecule has 24 heavy (non-hydrogen) atoms. The van der Waals surface area contributed by atoms with Crippen molar-refractivity contribution in [3.8, 4) is 17.3 Å². The number of benzene rings is 1. The molecule has 0 fully saturated rings. The van der Waals surface area contributed by atoms with Crippen LogP contribution in [0.2, 0.25) is 5.02 Å². The van der Waals surface area contributed by atoms with E-state index in [4.69, 9.17) is 16.3 Å². The highest BCUT2D eigenvalue weighted by Crippen LogP contribution is 2.24. The average molecular weight is 350 g/mol. The van der Waals surface area contributed by atoms with Crippen molar-refractivity contribution in [2.45, 2.75) is 0 Å². The van der Waals surface area contributed by atoms with E-state index < -0.39 is 11.8 Å². The van der Waals surface area contributed by atoms with Gasteiger partial charge in [-0.1, -0.05) is 11.6 Å². The van der Waals surface area contributed by atoms with Crippen LogP contribution in [-0.4, -0.2) is 38.3 Å². The van der Waals surface area contributed by atoms with Gasteiger partial charge in [-0.2, -0.15) is 0 Å². The standard InChI is InChI=1S/C14H9ClFN5O3/c1-23-14(22)12-18-20-21(19-12)9-2-4-10(5-3-9)24-13-11(16)6-8(15)7-17-13/h2-7H,1H3. The molecule has 0 aliphatic carbocycles. The van der Waals surface area contributed by atoms with E-state index in [1.807, 2.05) is 0 Å². The molecule has 0 aliphatic heterocycles. The average Bonchev–Trinajstić information content (AvgIpc) is 3.07. The SMILES string of the molecule is COC(=O)c1nnn(-c2ccc(Oc3ncc(Cl)cc3F)cc2)n1. The fourth-order valence-corrected chi connectivity index (χ4v) is 1.88. The number of tetrazole rings is 1. The van der Waals surface area contributed by atoms with Crippen LogP contribution in [0.1, 0.15) is 10.6 Å². The van der Waals surface area contributed by atoms with Crippen molar-refractivity contribution >= 4 is 17.6 Å². The quantitative estimate of drug-likeness (QED) is 0.668. The molecule has 8 nitrogen and oxygen atoms in total. The predicted octanol–water partition coefficient (Wildman–Crippen LogP) is 2.43. The molecule has 0 saturated carbocycles. The first-order valence-corrected chi connectivity index (χ1v) is 6.92. The van der Waals surface area contributed by atoms with E-state index in [0.29, 0.717) is 11.4 Å². The summed E-state index contributed by atoms with van der Waals surface area (Å²) in [7, 11) is 1.22. The van der Waals surface area contributed by atoms with Gasteiger partial charge in [0.05, 0.1) is 17.8 Å².